The molecule has 0 aliphatic carbocycles. The van der Waals surface area contributed by atoms with Crippen LogP contribution >= 0.6 is 0 Å². The molecule has 0 atom stereocenters. The van der Waals surface area contributed by atoms with Crippen molar-refractivity contribution in [3.8, 4) is 5.75 Å². The molecule has 0 saturated carbocycles. The maximum Gasteiger partial charge on any atom is 0.273 e. The van der Waals surface area contributed by atoms with Gasteiger partial charge in [0.1, 0.15) is 0 Å². The van der Waals surface area contributed by atoms with Crippen molar-refractivity contribution in [2.24, 2.45) is 0 Å². The highest BCUT2D eigenvalue weighted by molar-refractivity contribution is 5.97. The zero-order valence-corrected chi connectivity index (χ0v) is 11.1. The predicted molar refractivity (Wildman–Crippen MR) is 76.2 cm³/mol. The number of nitro benzene ring substituents is 1. The predicted octanol–water partition coefficient (Wildman–Crippen LogP) is 2.52. The van der Waals surface area contributed by atoms with Crippen molar-refractivity contribution in [1.29, 1.82) is 0 Å². The standard InChI is InChI=1S/C15H12N2O4/c18-15-10-21-14-8-12(17(19)20)6-7-13(14)16(15)9-11-4-2-1-3-5-11/h1-8H,9-10H2. The van der Waals surface area contributed by atoms with Crippen LogP contribution in [0.25, 0.3) is 0 Å². The van der Waals surface area contributed by atoms with Crippen LogP contribution in [0.5, 0.6) is 5.75 Å². The number of carbonyl (C=O) groups excluding carboxylic acids is 1. The van der Waals surface area contributed by atoms with Crippen LogP contribution in [0.15, 0.2) is 48.5 Å². The zero-order valence-electron chi connectivity index (χ0n) is 11.1. The average Bonchev–Trinajstić information content (AvgIpc) is 2.50. The highest BCUT2D eigenvalue weighted by Gasteiger charge is 2.27. The summed E-state index contributed by atoms with van der Waals surface area (Å²) in [5, 5.41) is 10.8. The summed E-state index contributed by atoms with van der Waals surface area (Å²) in [7, 11) is 0. The summed E-state index contributed by atoms with van der Waals surface area (Å²) in [6.45, 7) is 0.300. The first-order chi connectivity index (χ1) is 10.1. The van der Waals surface area contributed by atoms with Gasteiger partial charge >= 0.3 is 0 Å². The third-order valence-corrected chi connectivity index (χ3v) is 3.28. The number of benzene rings is 2. The molecule has 1 aliphatic rings. The van der Waals surface area contributed by atoms with Gasteiger partial charge in [0, 0.05) is 6.07 Å². The second-order valence-electron chi connectivity index (χ2n) is 4.66. The topological polar surface area (TPSA) is 72.7 Å². The fraction of sp³-hybridized carbons (Fsp3) is 0.133. The number of anilines is 1. The minimum Gasteiger partial charge on any atom is -0.481 e. The third-order valence-electron chi connectivity index (χ3n) is 3.28. The van der Waals surface area contributed by atoms with E-state index >= 15 is 0 Å². The highest BCUT2D eigenvalue weighted by Crippen LogP contribution is 2.35. The molecule has 6 nitrogen and oxygen atoms in total. The van der Waals surface area contributed by atoms with Crippen molar-refractivity contribution in [1.82, 2.24) is 0 Å². The summed E-state index contributed by atoms with van der Waals surface area (Å²) in [6.07, 6.45) is 0. The fourth-order valence-electron chi connectivity index (χ4n) is 2.25. The zero-order chi connectivity index (χ0) is 14.8. The second-order valence-corrected chi connectivity index (χ2v) is 4.66. The number of nitro groups is 1. The van der Waals surface area contributed by atoms with Gasteiger partial charge in [0.25, 0.3) is 11.6 Å². The Morgan fingerprint density at radius 1 is 1.19 bits per heavy atom. The van der Waals surface area contributed by atoms with E-state index in [4.69, 9.17) is 4.74 Å². The minimum atomic E-state index is -0.485. The number of hydrogen-bond acceptors (Lipinski definition) is 4. The fourth-order valence-corrected chi connectivity index (χ4v) is 2.25. The quantitative estimate of drug-likeness (QED) is 0.641. The van der Waals surface area contributed by atoms with Gasteiger partial charge in [-0.15, -0.1) is 0 Å². The number of non-ortho nitro benzene ring substituents is 1. The Morgan fingerprint density at radius 2 is 1.95 bits per heavy atom. The Hall–Kier alpha value is -2.89. The van der Waals surface area contributed by atoms with Crippen molar-refractivity contribution in [3.05, 3.63) is 64.2 Å². The van der Waals surface area contributed by atoms with Gasteiger partial charge in [-0.3, -0.25) is 14.9 Å². The van der Waals surface area contributed by atoms with Crippen LogP contribution in [0.2, 0.25) is 0 Å². The highest BCUT2D eigenvalue weighted by atomic mass is 16.6. The summed E-state index contributed by atoms with van der Waals surface area (Å²) in [5.74, 6) is 0.194. The van der Waals surface area contributed by atoms with E-state index in [1.165, 1.54) is 12.1 Å². The van der Waals surface area contributed by atoms with Crippen LogP contribution < -0.4 is 9.64 Å². The van der Waals surface area contributed by atoms with Crippen molar-refractivity contribution in [3.63, 3.8) is 0 Å². The van der Waals surface area contributed by atoms with E-state index < -0.39 is 4.92 Å². The Kier molecular flexibility index (Phi) is 3.27. The number of nitrogens with zero attached hydrogens (tertiary/aromatic N) is 2. The van der Waals surface area contributed by atoms with Gasteiger partial charge < -0.3 is 9.64 Å². The smallest absolute Gasteiger partial charge is 0.273 e. The molecule has 1 aliphatic heterocycles. The number of rotatable bonds is 3. The van der Waals surface area contributed by atoms with Gasteiger partial charge in [0.2, 0.25) is 0 Å². The lowest BCUT2D eigenvalue weighted by Gasteiger charge is -2.29. The van der Waals surface area contributed by atoms with Crippen molar-refractivity contribution in [2.45, 2.75) is 6.54 Å². The van der Waals surface area contributed by atoms with Gasteiger partial charge in [0.15, 0.2) is 12.4 Å². The van der Waals surface area contributed by atoms with E-state index in [9.17, 15) is 14.9 Å². The molecule has 0 aromatic heterocycles. The second kappa shape index (κ2) is 5.24. The van der Waals surface area contributed by atoms with Gasteiger partial charge in [-0.05, 0) is 11.6 Å². The summed E-state index contributed by atoms with van der Waals surface area (Å²) in [6, 6.07) is 13.8. The monoisotopic (exact) mass is 284 g/mol. The van der Waals surface area contributed by atoms with Crippen molar-refractivity contribution >= 4 is 17.3 Å². The van der Waals surface area contributed by atoms with Gasteiger partial charge in [-0.25, -0.2) is 0 Å². The van der Waals surface area contributed by atoms with Crippen molar-refractivity contribution < 1.29 is 14.5 Å². The summed E-state index contributed by atoms with van der Waals surface area (Å²) < 4.78 is 5.30. The molecule has 0 saturated heterocycles. The summed E-state index contributed by atoms with van der Waals surface area (Å²) >= 11 is 0. The molecule has 0 bridgehead atoms. The lowest BCUT2D eigenvalue weighted by Crippen LogP contribution is -2.38. The number of ether oxygens (including phenoxy) is 1. The van der Waals surface area contributed by atoms with Gasteiger partial charge in [-0.2, -0.15) is 0 Å². The molecule has 0 spiro atoms. The van der Waals surface area contributed by atoms with Crippen LogP contribution in [0.1, 0.15) is 5.56 Å². The Labute approximate surface area is 120 Å². The lowest BCUT2D eigenvalue weighted by molar-refractivity contribution is -0.384. The summed E-state index contributed by atoms with van der Waals surface area (Å²) in [5.41, 5.74) is 1.49. The van der Waals surface area contributed by atoms with Crippen LogP contribution in [0.4, 0.5) is 11.4 Å². The molecule has 6 heteroatoms. The van der Waals surface area contributed by atoms with Crippen LogP contribution in [-0.2, 0) is 11.3 Å². The SMILES string of the molecule is O=C1COc2cc([N+](=O)[O-])ccc2N1Cc1ccccc1. The van der Waals surface area contributed by atoms with Gasteiger partial charge in [0.05, 0.1) is 23.2 Å². The number of hydrogen-bond donors (Lipinski definition) is 0. The van der Waals surface area contributed by atoms with E-state index in [1.807, 2.05) is 30.3 Å². The van der Waals surface area contributed by atoms with Gasteiger partial charge in [-0.1, -0.05) is 30.3 Å². The molecule has 1 heterocycles. The molecule has 0 N–H and O–H groups in total. The molecule has 21 heavy (non-hydrogen) atoms. The molecule has 0 fully saturated rings. The van der Waals surface area contributed by atoms with E-state index in [0.29, 0.717) is 18.0 Å². The largest absolute Gasteiger partial charge is 0.481 e. The molecule has 3 rings (SSSR count). The molecule has 106 valence electrons. The van der Waals surface area contributed by atoms with Crippen molar-refractivity contribution in [2.75, 3.05) is 11.5 Å². The minimum absolute atomic E-state index is 0.0530. The van der Waals surface area contributed by atoms with E-state index in [1.54, 1.807) is 11.0 Å². The van der Waals surface area contributed by atoms with E-state index in [2.05, 4.69) is 0 Å². The summed E-state index contributed by atoms with van der Waals surface area (Å²) in [4.78, 5) is 23.9. The molecule has 0 unspecified atom stereocenters. The van der Waals surface area contributed by atoms with Crippen LogP contribution in [0.3, 0.4) is 0 Å². The molecule has 0 radical (unpaired) electrons. The van der Waals surface area contributed by atoms with Crippen LogP contribution in [-0.4, -0.2) is 17.4 Å². The molecular formula is C15H12N2O4. The number of fused-ring (bicyclic) bond motifs is 1. The number of carbonyl (C=O) groups is 1. The van der Waals surface area contributed by atoms with Crippen LogP contribution in [0, 0.1) is 10.1 Å². The lowest BCUT2D eigenvalue weighted by atomic mass is 10.1. The first kappa shape index (κ1) is 13.1. The maximum absolute atomic E-state index is 12.0. The Balaban J connectivity index is 1.95. The Morgan fingerprint density at radius 3 is 2.67 bits per heavy atom. The molecular weight excluding hydrogens is 272 g/mol. The first-order valence-corrected chi connectivity index (χ1v) is 6.40. The maximum atomic E-state index is 12.0. The molecule has 1 amide bonds. The first-order valence-electron chi connectivity index (χ1n) is 6.40. The number of amides is 1. The average molecular weight is 284 g/mol. The third kappa shape index (κ3) is 2.55. The molecule has 2 aromatic carbocycles. The van der Waals surface area contributed by atoms with E-state index in [-0.39, 0.29) is 18.2 Å². The normalized spacial score (nSPS) is 13.5. The Bertz CT molecular complexity index is 700. The molecule has 2 aromatic rings. The van der Waals surface area contributed by atoms with E-state index in [0.717, 1.165) is 5.56 Å².